The zero-order valence-corrected chi connectivity index (χ0v) is 14.0. The molecule has 0 radical (unpaired) electrons. The van der Waals surface area contributed by atoms with Crippen LogP contribution in [0.25, 0.3) is 0 Å². The lowest BCUT2D eigenvalue weighted by atomic mass is 9.96. The molecule has 7 heteroatoms. The van der Waals surface area contributed by atoms with E-state index in [9.17, 15) is 14.0 Å². The van der Waals surface area contributed by atoms with Gasteiger partial charge in [0.1, 0.15) is 11.6 Å². The summed E-state index contributed by atoms with van der Waals surface area (Å²) in [4.78, 5) is 33.2. The van der Waals surface area contributed by atoms with Gasteiger partial charge in [-0.25, -0.2) is 9.37 Å². The van der Waals surface area contributed by atoms with E-state index in [-0.39, 0.29) is 29.6 Å². The first-order valence-electron chi connectivity index (χ1n) is 8.21. The Morgan fingerprint density at radius 2 is 2.24 bits per heavy atom. The molecule has 1 aromatic carbocycles. The number of halogens is 1. The number of methoxy groups -OCH3 is 1. The molecule has 1 amide bonds. The number of hydrogen-bond acceptors (Lipinski definition) is 4. The number of piperidine rings is 1. The Morgan fingerprint density at radius 3 is 3.00 bits per heavy atom. The number of rotatable bonds is 4. The van der Waals surface area contributed by atoms with Crippen LogP contribution in [-0.4, -0.2) is 41.0 Å². The summed E-state index contributed by atoms with van der Waals surface area (Å²) in [5.74, 6) is -0.402. The van der Waals surface area contributed by atoms with Gasteiger partial charge in [0.2, 0.25) is 0 Å². The summed E-state index contributed by atoms with van der Waals surface area (Å²) in [5.41, 5.74) is 0.381. The van der Waals surface area contributed by atoms with Gasteiger partial charge >= 0.3 is 0 Å². The molecule has 1 saturated heterocycles. The molecule has 0 unspecified atom stereocenters. The Hall–Kier alpha value is -2.54. The van der Waals surface area contributed by atoms with Crippen LogP contribution >= 0.6 is 0 Å². The second-order valence-corrected chi connectivity index (χ2v) is 6.13. The predicted molar refractivity (Wildman–Crippen MR) is 89.8 cm³/mol. The SMILES string of the molecule is COCc1cc(=O)[nH]c([C@@H]2CCCN(C(=O)c3ccccc3F)C2)n1. The summed E-state index contributed by atoms with van der Waals surface area (Å²) in [6.07, 6.45) is 1.57. The fraction of sp³-hybridized carbons (Fsp3) is 0.389. The molecule has 2 heterocycles. The number of carbonyl (C=O) groups excluding carboxylic acids is 1. The van der Waals surface area contributed by atoms with Crippen LogP contribution in [0, 0.1) is 5.82 Å². The second kappa shape index (κ2) is 7.57. The van der Waals surface area contributed by atoms with Crippen molar-refractivity contribution in [1.29, 1.82) is 0 Å². The van der Waals surface area contributed by atoms with Crippen LogP contribution in [0.3, 0.4) is 0 Å². The number of amides is 1. The molecule has 6 nitrogen and oxygen atoms in total. The van der Waals surface area contributed by atoms with E-state index >= 15 is 0 Å². The Balaban J connectivity index is 1.81. The number of nitrogens with one attached hydrogen (secondary N) is 1. The number of aromatic amines is 1. The van der Waals surface area contributed by atoms with Gasteiger partial charge in [0.25, 0.3) is 11.5 Å². The van der Waals surface area contributed by atoms with Gasteiger partial charge in [0, 0.05) is 32.2 Å². The third-order valence-corrected chi connectivity index (χ3v) is 4.30. The first-order chi connectivity index (χ1) is 12.1. The molecule has 1 aromatic heterocycles. The highest BCUT2D eigenvalue weighted by Crippen LogP contribution is 2.25. The summed E-state index contributed by atoms with van der Waals surface area (Å²) in [5, 5.41) is 0. The van der Waals surface area contributed by atoms with Crippen LogP contribution in [0.2, 0.25) is 0 Å². The monoisotopic (exact) mass is 345 g/mol. The summed E-state index contributed by atoms with van der Waals surface area (Å²) < 4.78 is 18.9. The highest BCUT2D eigenvalue weighted by molar-refractivity contribution is 5.94. The lowest BCUT2D eigenvalue weighted by molar-refractivity contribution is 0.0699. The molecule has 0 spiro atoms. The number of ether oxygens (including phenoxy) is 1. The van der Waals surface area contributed by atoms with Crippen LogP contribution in [0.15, 0.2) is 35.1 Å². The molecule has 1 atom stereocenters. The molecular weight excluding hydrogens is 325 g/mol. The molecule has 25 heavy (non-hydrogen) atoms. The highest BCUT2D eigenvalue weighted by atomic mass is 19.1. The average Bonchev–Trinajstić information content (AvgIpc) is 2.61. The van der Waals surface area contributed by atoms with Gasteiger partial charge in [-0.05, 0) is 25.0 Å². The van der Waals surface area contributed by atoms with E-state index in [4.69, 9.17) is 4.74 Å². The van der Waals surface area contributed by atoms with Crippen molar-refractivity contribution in [2.75, 3.05) is 20.2 Å². The highest BCUT2D eigenvalue weighted by Gasteiger charge is 2.28. The maximum Gasteiger partial charge on any atom is 0.256 e. The van der Waals surface area contributed by atoms with E-state index in [2.05, 4.69) is 9.97 Å². The molecular formula is C18H20FN3O3. The largest absolute Gasteiger partial charge is 0.378 e. The fourth-order valence-corrected chi connectivity index (χ4v) is 3.13. The quantitative estimate of drug-likeness (QED) is 0.920. The Kier molecular flexibility index (Phi) is 5.23. The van der Waals surface area contributed by atoms with Crippen LogP contribution in [-0.2, 0) is 11.3 Å². The van der Waals surface area contributed by atoms with Gasteiger partial charge in [-0.2, -0.15) is 0 Å². The molecule has 1 aliphatic heterocycles. The van der Waals surface area contributed by atoms with E-state index in [1.807, 2.05) is 0 Å². The molecule has 2 aromatic rings. The summed E-state index contributed by atoms with van der Waals surface area (Å²) in [6.45, 7) is 1.21. The van der Waals surface area contributed by atoms with E-state index < -0.39 is 5.82 Å². The number of hydrogen-bond donors (Lipinski definition) is 1. The maximum atomic E-state index is 13.9. The minimum atomic E-state index is -0.525. The molecule has 1 N–H and O–H groups in total. The first-order valence-corrected chi connectivity index (χ1v) is 8.21. The number of likely N-dealkylation sites (tertiary alicyclic amines) is 1. The van der Waals surface area contributed by atoms with E-state index in [1.165, 1.54) is 25.3 Å². The molecule has 0 aliphatic carbocycles. The molecule has 1 fully saturated rings. The smallest absolute Gasteiger partial charge is 0.256 e. The Labute approximate surface area is 144 Å². The van der Waals surface area contributed by atoms with E-state index in [1.54, 1.807) is 17.0 Å². The second-order valence-electron chi connectivity index (χ2n) is 6.13. The van der Waals surface area contributed by atoms with Crippen LogP contribution in [0.5, 0.6) is 0 Å². The van der Waals surface area contributed by atoms with Gasteiger partial charge in [0.15, 0.2) is 0 Å². The number of carbonyl (C=O) groups is 1. The summed E-state index contributed by atoms with van der Waals surface area (Å²) >= 11 is 0. The van der Waals surface area contributed by atoms with E-state index in [0.717, 1.165) is 12.8 Å². The van der Waals surface area contributed by atoms with Gasteiger partial charge in [-0.1, -0.05) is 12.1 Å². The van der Waals surface area contributed by atoms with Crippen LogP contribution in [0.1, 0.15) is 40.6 Å². The fourth-order valence-electron chi connectivity index (χ4n) is 3.13. The lowest BCUT2D eigenvalue weighted by Gasteiger charge is -2.32. The Morgan fingerprint density at radius 1 is 1.44 bits per heavy atom. The summed E-state index contributed by atoms with van der Waals surface area (Å²) in [7, 11) is 1.54. The van der Waals surface area contributed by atoms with Crippen LogP contribution in [0.4, 0.5) is 4.39 Å². The Bertz CT molecular complexity index is 821. The van der Waals surface area contributed by atoms with Gasteiger partial charge < -0.3 is 14.6 Å². The standard InChI is InChI=1S/C18H20FN3O3/c1-25-11-13-9-16(23)21-17(20-13)12-5-4-8-22(10-12)18(24)14-6-2-3-7-15(14)19/h2-3,6-7,9,12H,4-5,8,10-11H2,1H3,(H,20,21,23)/t12-/m1/s1. The zero-order chi connectivity index (χ0) is 17.8. The number of H-pyrrole nitrogens is 1. The zero-order valence-electron chi connectivity index (χ0n) is 14.0. The van der Waals surface area contributed by atoms with Gasteiger partial charge in [-0.3, -0.25) is 9.59 Å². The lowest BCUT2D eigenvalue weighted by Crippen LogP contribution is -2.40. The normalized spacial score (nSPS) is 17.5. The molecule has 0 saturated carbocycles. The van der Waals surface area contributed by atoms with Crippen molar-refractivity contribution in [1.82, 2.24) is 14.9 Å². The minimum Gasteiger partial charge on any atom is -0.378 e. The van der Waals surface area contributed by atoms with Gasteiger partial charge in [-0.15, -0.1) is 0 Å². The van der Waals surface area contributed by atoms with Crippen molar-refractivity contribution in [3.8, 4) is 0 Å². The maximum absolute atomic E-state index is 13.9. The van der Waals surface area contributed by atoms with E-state index in [0.29, 0.717) is 24.6 Å². The van der Waals surface area contributed by atoms with Crippen molar-refractivity contribution in [3.05, 3.63) is 63.6 Å². The number of benzene rings is 1. The topological polar surface area (TPSA) is 75.3 Å². The molecule has 132 valence electrons. The molecule has 1 aliphatic rings. The number of nitrogens with zero attached hydrogens (tertiary/aromatic N) is 2. The third-order valence-electron chi connectivity index (χ3n) is 4.30. The molecule has 0 bridgehead atoms. The molecule has 3 rings (SSSR count). The summed E-state index contributed by atoms with van der Waals surface area (Å²) in [6, 6.07) is 7.37. The van der Waals surface area contributed by atoms with Crippen molar-refractivity contribution < 1.29 is 13.9 Å². The average molecular weight is 345 g/mol. The first kappa shape index (κ1) is 17.3. The predicted octanol–water partition coefficient (Wildman–Crippen LogP) is 2.08. The number of aromatic nitrogens is 2. The van der Waals surface area contributed by atoms with Crippen molar-refractivity contribution in [2.24, 2.45) is 0 Å². The van der Waals surface area contributed by atoms with Crippen molar-refractivity contribution in [2.45, 2.75) is 25.4 Å². The van der Waals surface area contributed by atoms with Crippen molar-refractivity contribution in [3.63, 3.8) is 0 Å². The third kappa shape index (κ3) is 3.93. The minimum absolute atomic E-state index is 0.0673. The van der Waals surface area contributed by atoms with Crippen molar-refractivity contribution >= 4 is 5.91 Å². The van der Waals surface area contributed by atoms with Gasteiger partial charge in [0.05, 0.1) is 17.9 Å². The van der Waals surface area contributed by atoms with Crippen LogP contribution < -0.4 is 5.56 Å².